The minimum Gasteiger partial charge on any atom is -0.347 e. The number of benzene rings is 3. The fourth-order valence-corrected chi connectivity index (χ4v) is 9.61. The Hall–Kier alpha value is -3.82. The molecule has 0 unspecified atom stereocenters. The number of amides is 3. The lowest BCUT2D eigenvalue weighted by atomic mass is 10.1. The van der Waals surface area contributed by atoms with Gasteiger partial charge in [0.15, 0.2) is 0 Å². The first-order valence-electron chi connectivity index (χ1n) is 26.8. The van der Waals surface area contributed by atoms with Crippen LogP contribution < -0.4 is 16.0 Å². The molecule has 0 saturated heterocycles. The van der Waals surface area contributed by atoms with Crippen LogP contribution in [0, 0.1) is 0 Å². The highest BCUT2D eigenvalue weighted by Crippen LogP contribution is 2.51. The van der Waals surface area contributed by atoms with Gasteiger partial charge in [-0.05, 0) is 36.0 Å². The lowest BCUT2D eigenvalue weighted by Crippen LogP contribution is -2.33. The first-order chi connectivity index (χ1) is 33.3. The van der Waals surface area contributed by atoms with Crippen molar-refractivity contribution in [2.45, 2.75) is 212 Å². The molecule has 0 aliphatic rings. The summed E-state index contributed by atoms with van der Waals surface area (Å²) in [6.07, 6.45) is 28.2. The molecule has 0 fully saturated rings. The van der Waals surface area contributed by atoms with Crippen molar-refractivity contribution in [2.75, 3.05) is 19.8 Å². The van der Waals surface area contributed by atoms with Crippen LogP contribution in [0.3, 0.4) is 0 Å². The lowest BCUT2D eigenvalue weighted by molar-refractivity contribution is -0.122. The molecule has 68 heavy (non-hydrogen) atoms. The van der Waals surface area contributed by atoms with Crippen molar-refractivity contribution < 1.29 is 32.5 Å². The number of carbonyl (C=O) groups is 3. The maximum absolute atomic E-state index is 15.1. The molecule has 0 aliphatic carbocycles. The van der Waals surface area contributed by atoms with Crippen molar-refractivity contribution in [3.8, 4) is 0 Å². The molecule has 0 aromatic heterocycles. The quantitative estimate of drug-likeness (QED) is 0.0380. The molecular weight excluding hydrogens is 870 g/mol. The molecule has 0 bridgehead atoms. The normalized spacial score (nSPS) is 12.9. The Morgan fingerprint density at radius 2 is 0.588 bits per heavy atom. The van der Waals surface area contributed by atoms with Gasteiger partial charge in [-0.2, -0.15) is 0 Å². The van der Waals surface area contributed by atoms with E-state index in [2.05, 4.69) is 36.7 Å². The molecule has 11 heteroatoms. The zero-order chi connectivity index (χ0) is 48.8. The van der Waals surface area contributed by atoms with Crippen LogP contribution >= 0.6 is 7.82 Å². The topological polar surface area (TPSA) is 132 Å². The summed E-state index contributed by atoms with van der Waals surface area (Å²) in [5.74, 6) is -0.342. The van der Waals surface area contributed by atoms with E-state index in [1.54, 1.807) is 0 Å². The van der Waals surface area contributed by atoms with Crippen LogP contribution in [0.1, 0.15) is 229 Å². The molecule has 3 N–H and O–H groups in total. The highest BCUT2D eigenvalue weighted by Gasteiger charge is 2.33. The molecule has 0 radical (unpaired) electrons. The Kier molecular flexibility index (Phi) is 32.7. The molecule has 3 amide bonds. The van der Waals surface area contributed by atoms with Crippen LogP contribution in [0.4, 0.5) is 0 Å². The van der Waals surface area contributed by atoms with Crippen LogP contribution in [0.25, 0.3) is 0 Å². The molecule has 3 aromatic rings. The van der Waals surface area contributed by atoms with E-state index < -0.39 is 25.9 Å². The summed E-state index contributed by atoms with van der Waals surface area (Å²) < 4.78 is 33.8. The second-order valence-electron chi connectivity index (χ2n) is 18.6. The lowest BCUT2D eigenvalue weighted by Gasteiger charge is -2.27. The van der Waals surface area contributed by atoms with Crippen molar-refractivity contribution >= 4 is 25.5 Å². The Labute approximate surface area is 412 Å². The SMILES string of the molecule is CCCCCCCCCCC(=O)N[C@@H](COP(=O)(OC[C@H](NC(=O)CCCCCCCCCC)c1ccccc1)OC[C@H](NC(=O)CCCCCCCCCC)c1ccccc1)c1ccccc1. The largest absolute Gasteiger partial charge is 0.475 e. The summed E-state index contributed by atoms with van der Waals surface area (Å²) in [5, 5.41) is 9.39. The number of hydrogen-bond acceptors (Lipinski definition) is 7. The first kappa shape index (κ1) is 58.5. The molecule has 380 valence electrons. The Bertz CT molecular complexity index is 1560. The van der Waals surface area contributed by atoms with Gasteiger partial charge in [-0.3, -0.25) is 28.0 Å². The second-order valence-corrected chi connectivity index (χ2v) is 20.3. The zero-order valence-corrected chi connectivity index (χ0v) is 43.3. The number of rotatable bonds is 42. The fourth-order valence-electron chi connectivity index (χ4n) is 8.39. The fraction of sp³-hybridized carbons (Fsp3) is 0.632. The van der Waals surface area contributed by atoms with E-state index in [1.807, 2.05) is 91.0 Å². The number of carbonyl (C=O) groups excluding carboxylic acids is 3. The summed E-state index contributed by atoms with van der Waals surface area (Å²) in [7, 11) is -4.45. The standard InChI is InChI=1S/C57H90N3O7P/c1-4-7-10-13-16-19-22-34-43-55(61)58-52(49-37-28-25-29-38-49)46-65-68(64,66-47-53(50-39-30-26-31-40-50)59-56(62)44-35-23-20-17-14-11-8-5-2)67-48-54(51-41-32-27-33-42-51)60-57(63)45-36-24-21-18-15-12-9-6-3/h25-33,37-42,52-54H,4-24,34-36,43-48H2,1-3H3,(H,58,61)(H,59,62)(H,60,63)/t52-,53-,54-/m0/s1. The van der Waals surface area contributed by atoms with Crippen LogP contribution in [-0.2, 0) is 32.5 Å². The third-order valence-corrected chi connectivity index (χ3v) is 14.0. The maximum Gasteiger partial charge on any atom is 0.475 e. The molecule has 0 saturated carbocycles. The van der Waals surface area contributed by atoms with E-state index in [0.29, 0.717) is 19.3 Å². The van der Waals surface area contributed by atoms with E-state index in [0.717, 1.165) is 74.5 Å². The van der Waals surface area contributed by atoms with Crippen LogP contribution in [0.5, 0.6) is 0 Å². The second kappa shape index (κ2) is 38.0. The Morgan fingerprint density at radius 3 is 0.824 bits per heavy atom. The smallest absolute Gasteiger partial charge is 0.347 e. The molecular formula is C57H90N3O7P. The van der Waals surface area contributed by atoms with Gasteiger partial charge in [-0.1, -0.05) is 247 Å². The van der Waals surface area contributed by atoms with Crippen molar-refractivity contribution in [1.82, 2.24) is 16.0 Å². The van der Waals surface area contributed by atoms with E-state index in [4.69, 9.17) is 13.6 Å². The van der Waals surface area contributed by atoms with E-state index in [1.165, 1.54) is 96.3 Å². The first-order valence-corrected chi connectivity index (χ1v) is 28.3. The van der Waals surface area contributed by atoms with Gasteiger partial charge in [0.25, 0.3) is 0 Å². The average molecular weight is 960 g/mol. The van der Waals surface area contributed by atoms with Crippen molar-refractivity contribution in [3.63, 3.8) is 0 Å². The maximum atomic E-state index is 15.1. The molecule has 0 aliphatic heterocycles. The van der Waals surface area contributed by atoms with Gasteiger partial charge in [-0.25, -0.2) is 4.57 Å². The van der Waals surface area contributed by atoms with Crippen LogP contribution in [0.15, 0.2) is 91.0 Å². The van der Waals surface area contributed by atoms with E-state index in [9.17, 15) is 14.4 Å². The van der Waals surface area contributed by atoms with Gasteiger partial charge in [0, 0.05) is 19.3 Å². The molecule has 0 spiro atoms. The van der Waals surface area contributed by atoms with Crippen molar-refractivity contribution in [2.24, 2.45) is 0 Å². The van der Waals surface area contributed by atoms with Gasteiger partial charge < -0.3 is 16.0 Å². The van der Waals surface area contributed by atoms with Crippen molar-refractivity contribution in [3.05, 3.63) is 108 Å². The summed E-state index contributed by atoms with van der Waals surface area (Å²) in [4.78, 5) is 40.3. The third-order valence-electron chi connectivity index (χ3n) is 12.6. The number of phosphoric ester groups is 1. The minimum atomic E-state index is -4.45. The van der Waals surface area contributed by atoms with Crippen molar-refractivity contribution in [1.29, 1.82) is 0 Å². The highest BCUT2D eigenvalue weighted by atomic mass is 31.2. The molecule has 3 aromatic carbocycles. The number of hydrogen-bond donors (Lipinski definition) is 3. The summed E-state index contributed by atoms with van der Waals surface area (Å²) in [6, 6.07) is 26.5. The third kappa shape index (κ3) is 27.4. The Balaban J connectivity index is 1.78. The monoisotopic (exact) mass is 960 g/mol. The molecule has 0 heterocycles. The zero-order valence-electron chi connectivity index (χ0n) is 42.4. The van der Waals surface area contributed by atoms with E-state index in [-0.39, 0.29) is 37.5 Å². The summed E-state index contributed by atoms with van der Waals surface area (Å²) in [5.41, 5.74) is 2.36. The number of unbranched alkanes of at least 4 members (excludes halogenated alkanes) is 21. The van der Waals surface area contributed by atoms with Gasteiger partial charge in [0.2, 0.25) is 17.7 Å². The minimum absolute atomic E-state index is 0.114. The molecule has 10 nitrogen and oxygen atoms in total. The van der Waals surface area contributed by atoms with Gasteiger partial charge in [0.1, 0.15) is 0 Å². The summed E-state index contributed by atoms with van der Waals surface area (Å²) in [6.45, 7) is 6.05. The Morgan fingerprint density at radius 1 is 0.368 bits per heavy atom. The predicted molar refractivity (Wildman–Crippen MR) is 279 cm³/mol. The molecule has 3 atom stereocenters. The van der Waals surface area contributed by atoms with Gasteiger partial charge >= 0.3 is 7.82 Å². The van der Waals surface area contributed by atoms with Crippen LogP contribution in [0.2, 0.25) is 0 Å². The van der Waals surface area contributed by atoms with Crippen LogP contribution in [-0.4, -0.2) is 37.5 Å². The number of nitrogens with one attached hydrogen (secondary N) is 3. The predicted octanol–water partition coefficient (Wildman–Crippen LogP) is 15.3. The molecule has 3 rings (SSSR count). The number of phosphoric acid groups is 1. The summed E-state index contributed by atoms with van der Waals surface area (Å²) >= 11 is 0. The average Bonchev–Trinajstić information content (AvgIpc) is 3.36. The highest BCUT2D eigenvalue weighted by molar-refractivity contribution is 7.48. The van der Waals surface area contributed by atoms with E-state index >= 15 is 4.57 Å². The van der Waals surface area contributed by atoms with Gasteiger partial charge in [0.05, 0.1) is 37.9 Å². The van der Waals surface area contributed by atoms with Gasteiger partial charge in [-0.15, -0.1) is 0 Å².